The molecular formula is C21H27N3O2. The molecule has 5 heteroatoms. The zero-order valence-corrected chi connectivity index (χ0v) is 15.3. The molecule has 5 nitrogen and oxygen atoms in total. The summed E-state index contributed by atoms with van der Waals surface area (Å²) in [6.45, 7) is 5.16. The van der Waals surface area contributed by atoms with Gasteiger partial charge in [-0.3, -0.25) is 0 Å². The highest BCUT2D eigenvalue weighted by Crippen LogP contribution is 2.21. The monoisotopic (exact) mass is 353 g/mol. The van der Waals surface area contributed by atoms with Crippen LogP contribution in [0.1, 0.15) is 24.8 Å². The Hall–Kier alpha value is -2.69. The molecule has 0 aromatic heterocycles. The fourth-order valence-corrected chi connectivity index (χ4v) is 3.05. The number of nitrogens with one attached hydrogen (secondary N) is 2. The summed E-state index contributed by atoms with van der Waals surface area (Å²) in [5.41, 5.74) is 3.21. The number of rotatable bonds is 6. The lowest BCUT2D eigenvalue weighted by Gasteiger charge is -2.28. The Kier molecular flexibility index (Phi) is 6.36. The molecule has 2 aromatic rings. The number of piperidine rings is 1. The molecular weight excluding hydrogens is 326 g/mol. The van der Waals surface area contributed by atoms with Crippen LogP contribution in [0.5, 0.6) is 5.75 Å². The van der Waals surface area contributed by atoms with E-state index in [2.05, 4.69) is 27.7 Å². The predicted octanol–water partition coefficient (Wildman–Crippen LogP) is 4.19. The zero-order valence-electron chi connectivity index (χ0n) is 15.3. The Morgan fingerprint density at radius 2 is 1.69 bits per heavy atom. The molecule has 1 saturated heterocycles. The molecule has 0 atom stereocenters. The van der Waals surface area contributed by atoms with E-state index < -0.39 is 0 Å². The number of benzene rings is 2. The van der Waals surface area contributed by atoms with Gasteiger partial charge in [0, 0.05) is 24.5 Å². The average Bonchev–Trinajstić information content (AvgIpc) is 2.68. The van der Waals surface area contributed by atoms with Crippen molar-refractivity contribution in [2.45, 2.75) is 26.2 Å². The average molecular weight is 353 g/mol. The number of carbonyl (C=O) groups is 1. The third kappa shape index (κ3) is 5.41. The van der Waals surface area contributed by atoms with Crippen LogP contribution in [0.25, 0.3) is 0 Å². The van der Waals surface area contributed by atoms with Gasteiger partial charge in [0.15, 0.2) is 0 Å². The van der Waals surface area contributed by atoms with Crippen LogP contribution in [0.4, 0.5) is 16.2 Å². The molecule has 0 saturated carbocycles. The Balaban J connectivity index is 1.38. The summed E-state index contributed by atoms with van der Waals surface area (Å²) >= 11 is 0. The van der Waals surface area contributed by atoms with Gasteiger partial charge in [-0.1, -0.05) is 17.7 Å². The van der Waals surface area contributed by atoms with Crippen LogP contribution in [-0.2, 0) is 0 Å². The highest BCUT2D eigenvalue weighted by molar-refractivity contribution is 5.89. The molecule has 0 unspecified atom stereocenters. The maximum atomic E-state index is 12.0. The third-order valence-corrected chi connectivity index (χ3v) is 4.52. The molecule has 1 fully saturated rings. The first kappa shape index (κ1) is 18.1. The van der Waals surface area contributed by atoms with Crippen molar-refractivity contribution in [1.29, 1.82) is 0 Å². The second-order valence-corrected chi connectivity index (χ2v) is 6.64. The summed E-state index contributed by atoms with van der Waals surface area (Å²) in [4.78, 5) is 14.4. The van der Waals surface area contributed by atoms with E-state index in [0.717, 1.165) is 24.5 Å². The van der Waals surface area contributed by atoms with Gasteiger partial charge in [0.25, 0.3) is 0 Å². The SMILES string of the molecule is Cc1ccc(OCCNC(=O)Nc2ccc(N3CCCCC3)cc2)cc1. The van der Waals surface area contributed by atoms with Crippen molar-refractivity contribution in [1.82, 2.24) is 5.32 Å². The Morgan fingerprint density at radius 1 is 1.00 bits per heavy atom. The van der Waals surface area contributed by atoms with Gasteiger partial charge in [0.1, 0.15) is 12.4 Å². The molecule has 1 aliphatic heterocycles. The Bertz CT molecular complexity index is 692. The fraction of sp³-hybridized carbons (Fsp3) is 0.381. The highest BCUT2D eigenvalue weighted by Gasteiger charge is 2.10. The van der Waals surface area contributed by atoms with Crippen molar-refractivity contribution >= 4 is 17.4 Å². The standard InChI is InChI=1S/C21H27N3O2/c1-17-5-11-20(12-6-17)26-16-13-22-21(25)23-18-7-9-19(10-8-18)24-14-3-2-4-15-24/h5-12H,2-4,13-16H2,1H3,(H2,22,23,25). The van der Waals surface area contributed by atoms with E-state index in [0.29, 0.717) is 13.2 Å². The van der Waals surface area contributed by atoms with E-state index in [9.17, 15) is 4.79 Å². The van der Waals surface area contributed by atoms with Crippen molar-refractivity contribution in [3.05, 3.63) is 54.1 Å². The number of hydrogen-bond donors (Lipinski definition) is 2. The van der Waals surface area contributed by atoms with Gasteiger partial charge in [-0.2, -0.15) is 0 Å². The molecule has 3 rings (SSSR count). The summed E-state index contributed by atoms with van der Waals surface area (Å²) in [6, 6.07) is 15.7. The molecule has 1 aliphatic rings. The number of nitrogens with zero attached hydrogens (tertiary/aromatic N) is 1. The molecule has 2 aromatic carbocycles. The van der Waals surface area contributed by atoms with Crippen LogP contribution in [0.2, 0.25) is 0 Å². The Labute approximate surface area is 155 Å². The van der Waals surface area contributed by atoms with Crippen LogP contribution < -0.4 is 20.3 Å². The summed E-state index contributed by atoms with van der Waals surface area (Å²) in [5, 5.41) is 5.66. The lowest BCUT2D eigenvalue weighted by Crippen LogP contribution is -2.32. The molecule has 0 aliphatic carbocycles. The van der Waals surface area contributed by atoms with Crippen molar-refractivity contribution < 1.29 is 9.53 Å². The van der Waals surface area contributed by atoms with Crippen LogP contribution in [0.3, 0.4) is 0 Å². The van der Waals surface area contributed by atoms with Crippen LogP contribution in [-0.4, -0.2) is 32.3 Å². The molecule has 138 valence electrons. The topological polar surface area (TPSA) is 53.6 Å². The molecule has 0 bridgehead atoms. The first-order valence-electron chi connectivity index (χ1n) is 9.30. The van der Waals surface area contributed by atoms with E-state index in [1.807, 2.05) is 43.3 Å². The van der Waals surface area contributed by atoms with E-state index in [1.165, 1.54) is 30.5 Å². The van der Waals surface area contributed by atoms with Crippen molar-refractivity contribution in [2.24, 2.45) is 0 Å². The second kappa shape index (κ2) is 9.13. The number of urea groups is 1. The number of aryl methyl sites for hydroxylation is 1. The van der Waals surface area contributed by atoms with Gasteiger partial charge in [-0.25, -0.2) is 4.79 Å². The van der Waals surface area contributed by atoms with Gasteiger partial charge >= 0.3 is 6.03 Å². The van der Waals surface area contributed by atoms with E-state index in [4.69, 9.17) is 4.74 Å². The molecule has 2 amide bonds. The summed E-state index contributed by atoms with van der Waals surface area (Å²) in [6.07, 6.45) is 3.84. The van der Waals surface area contributed by atoms with Crippen LogP contribution >= 0.6 is 0 Å². The van der Waals surface area contributed by atoms with Crippen molar-refractivity contribution in [3.63, 3.8) is 0 Å². The highest BCUT2D eigenvalue weighted by atomic mass is 16.5. The first-order chi connectivity index (χ1) is 12.7. The Morgan fingerprint density at radius 3 is 2.38 bits per heavy atom. The van der Waals surface area contributed by atoms with Gasteiger partial charge < -0.3 is 20.3 Å². The molecule has 2 N–H and O–H groups in total. The third-order valence-electron chi connectivity index (χ3n) is 4.52. The lowest BCUT2D eigenvalue weighted by molar-refractivity contribution is 0.247. The minimum Gasteiger partial charge on any atom is -0.492 e. The minimum atomic E-state index is -0.219. The molecule has 1 heterocycles. The van der Waals surface area contributed by atoms with Gasteiger partial charge in [0.05, 0.1) is 6.54 Å². The number of carbonyl (C=O) groups excluding carboxylic acids is 1. The van der Waals surface area contributed by atoms with Crippen molar-refractivity contribution in [2.75, 3.05) is 36.5 Å². The van der Waals surface area contributed by atoms with Crippen LogP contribution in [0, 0.1) is 6.92 Å². The summed E-state index contributed by atoms with van der Waals surface area (Å²) < 4.78 is 5.60. The maximum Gasteiger partial charge on any atom is 0.319 e. The molecule has 0 spiro atoms. The van der Waals surface area contributed by atoms with E-state index >= 15 is 0 Å². The predicted molar refractivity (Wildman–Crippen MR) is 106 cm³/mol. The normalized spacial score (nSPS) is 14.0. The quantitative estimate of drug-likeness (QED) is 0.766. The minimum absolute atomic E-state index is 0.219. The number of anilines is 2. The van der Waals surface area contributed by atoms with Crippen LogP contribution in [0.15, 0.2) is 48.5 Å². The van der Waals surface area contributed by atoms with Gasteiger partial charge in [-0.15, -0.1) is 0 Å². The van der Waals surface area contributed by atoms with E-state index in [1.54, 1.807) is 0 Å². The summed E-state index contributed by atoms with van der Waals surface area (Å²) in [7, 11) is 0. The smallest absolute Gasteiger partial charge is 0.319 e. The van der Waals surface area contributed by atoms with Crippen molar-refractivity contribution in [3.8, 4) is 5.75 Å². The van der Waals surface area contributed by atoms with E-state index in [-0.39, 0.29) is 6.03 Å². The zero-order chi connectivity index (χ0) is 18.2. The number of ether oxygens (including phenoxy) is 1. The number of hydrogen-bond acceptors (Lipinski definition) is 3. The lowest BCUT2D eigenvalue weighted by atomic mass is 10.1. The largest absolute Gasteiger partial charge is 0.492 e. The molecule has 26 heavy (non-hydrogen) atoms. The fourth-order valence-electron chi connectivity index (χ4n) is 3.05. The number of amides is 2. The molecule has 0 radical (unpaired) electrons. The first-order valence-corrected chi connectivity index (χ1v) is 9.30. The summed E-state index contributed by atoms with van der Waals surface area (Å²) in [5.74, 6) is 0.811. The second-order valence-electron chi connectivity index (χ2n) is 6.64. The van der Waals surface area contributed by atoms with Gasteiger partial charge in [-0.05, 0) is 62.6 Å². The maximum absolute atomic E-state index is 12.0. The van der Waals surface area contributed by atoms with Gasteiger partial charge in [0.2, 0.25) is 0 Å².